The Hall–Kier alpha value is -7.49. The number of aromatic amines is 4. The molecule has 15 heteroatoms. The molecule has 60 heavy (non-hydrogen) atoms. The topological polar surface area (TPSA) is 286 Å². The van der Waals surface area contributed by atoms with Crippen LogP contribution in [0.1, 0.15) is 54.0 Å². The average Bonchev–Trinajstić information content (AvgIpc) is 4.08. The number of Topliss-reactive ketones (excluding diaryl/α,β-unsaturated/α-hetero) is 2. The zero-order valence-electron chi connectivity index (χ0n) is 32.8. The first-order valence-corrected chi connectivity index (χ1v) is 19.8. The van der Waals surface area contributed by atoms with Crippen LogP contribution >= 0.6 is 0 Å². The first kappa shape index (κ1) is 39.3. The maximum absolute atomic E-state index is 14.6. The molecule has 7 aromatic rings. The molecule has 304 valence electrons. The Morgan fingerprint density at radius 1 is 0.633 bits per heavy atom. The zero-order chi connectivity index (χ0) is 41.9. The molecule has 15 nitrogen and oxygen atoms in total. The summed E-state index contributed by atoms with van der Waals surface area (Å²) in [5.74, 6) is -0.923. The number of benzene rings is 2. The average molecular weight is 802 g/mol. The molecule has 0 unspecified atom stereocenters. The van der Waals surface area contributed by atoms with E-state index in [9.17, 15) is 9.59 Å². The standard InChI is InChI=1S/C45H47N13O2/c46-29(8-4-20-52-44(48)49)42(59)40-35-15-13-26(55-35)23-25-12-14-33(54-25)39(27-7-3-11-32-28(27)22-24-6-1-2-10-31(24)56-32)34-16-17-37(57-34)41(38-19-18-36(40)58-38)43(60)30(47)9-5-21-53-45(50)51/h1-3,6-7,10-19,22-23,29-30,54-55,57-58H,4-5,8-9,20-21,46-47H2,(H4,48,49,52)(H4,50,51,53)/t29-,30-/m0/s1. The molecule has 5 aromatic heterocycles. The first-order valence-electron chi connectivity index (χ1n) is 19.8. The summed E-state index contributed by atoms with van der Waals surface area (Å²) < 4.78 is 0. The Morgan fingerprint density at radius 2 is 1.23 bits per heavy atom. The third-order valence-electron chi connectivity index (χ3n) is 10.7. The van der Waals surface area contributed by atoms with Crippen molar-refractivity contribution in [2.24, 2.45) is 22.9 Å². The number of hydrogen-bond donors (Lipinski definition) is 12. The number of ketones is 2. The molecule has 0 aliphatic carbocycles. The number of rotatable bonds is 13. The molecule has 8 bridgehead atoms. The minimum Gasteiger partial charge on any atom is -0.370 e. The Kier molecular flexibility index (Phi) is 11.0. The lowest BCUT2D eigenvalue weighted by Gasteiger charge is -2.14. The SMILES string of the molecule is N=C(N)NCCC[C@H](N)C(=O)C1=c2ccc([nH]2)=C(C(=O)[C@@H](N)CCCNC(=N)N)c2ccc([nH]2)C(c2cccc3nc4ccccc4cc23)=c2ccc([nH]2)=Cc2ccc1[nH]2. The van der Waals surface area contributed by atoms with Crippen molar-refractivity contribution in [1.29, 1.82) is 10.8 Å². The Labute approximate surface area is 343 Å². The molecule has 1 aliphatic rings. The minimum absolute atomic E-state index is 0.151. The van der Waals surface area contributed by atoms with Crippen molar-refractivity contribution in [2.45, 2.75) is 37.8 Å². The van der Waals surface area contributed by atoms with Crippen molar-refractivity contribution >= 4 is 68.1 Å². The Morgan fingerprint density at radius 3 is 1.92 bits per heavy atom. The van der Waals surface area contributed by atoms with E-state index in [-0.39, 0.29) is 23.5 Å². The van der Waals surface area contributed by atoms with Crippen LogP contribution < -0.4 is 55.0 Å². The highest BCUT2D eigenvalue weighted by molar-refractivity contribution is 6.23. The van der Waals surface area contributed by atoms with Gasteiger partial charge in [-0.25, -0.2) is 4.98 Å². The van der Waals surface area contributed by atoms with E-state index in [1.807, 2.05) is 72.8 Å². The number of carbonyl (C=O) groups is 2. The van der Waals surface area contributed by atoms with Crippen LogP contribution in [0, 0.1) is 10.8 Å². The minimum atomic E-state index is -0.895. The van der Waals surface area contributed by atoms with Gasteiger partial charge in [0.05, 0.1) is 56.3 Å². The molecule has 2 atom stereocenters. The lowest BCUT2D eigenvalue weighted by atomic mass is 9.97. The van der Waals surface area contributed by atoms with Gasteiger partial charge in [-0.05, 0) is 104 Å². The highest BCUT2D eigenvalue weighted by atomic mass is 16.1. The fourth-order valence-corrected chi connectivity index (χ4v) is 7.82. The van der Waals surface area contributed by atoms with Gasteiger partial charge in [0.25, 0.3) is 0 Å². The monoisotopic (exact) mass is 801 g/mol. The third kappa shape index (κ3) is 8.12. The van der Waals surface area contributed by atoms with Crippen LogP contribution in [-0.4, -0.2) is 73.6 Å². The number of para-hydroxylation sites is 1. The highest BCUT2D eigenvalue weighted by Gasteiger charge is 2.26. The van der Waals surface area contributed by atoms with E-state index in [0.29, 0.717) is 72.0 Å². The number of nitrogens with one attached hydrogen (secondary N) is 8. The maximum Gasteiger partial charge on any atom is 0.185 e. The summed E-state index contributed by atoms with van der Waals surface area (Å²) in [6.07, 6.45) is 3.66. The van der Waals surface area contributed by atoms with Crippen molar-refractivity contribution in [3.63, 3.8) is 0 Å². The van der Waals surface area contributed by atoms with E-state index in [0.717, 1.165) is 55.0 Å². The first-order chi connectivity index (χ1) is 29.0. The number of aromatic nitrogens is 5. The second-order valence-corrected chi connectivity index (χ2v) is 15.0. The molecule has 0 fully saturated rings. The second-order valence-electron chi connectivity index (χ2n) is 15.0. The summed E-state index contributed by atoms with van der Waals surface area (Å²) >= 11 is 0. The van der Waals surface area contributed by atoms with Gasteiger partial charge in [0.2, 0.25) is 0 Å². The zero-order valence-corrected chi connectivity index (χ0v) is 32.8. The molecule has 0 spiro atoms. The van der Waals surface area contributed by atoms with Gasteiger partial charge in [-0.2, -0.15) is 0 Å². The summed E-state index contributed by atoms with van der Waals surface area (Å²) in [5, 5.41) is 25.0. The van der Waals surface area contributed by atoms with Crippen molar-refractivity contribution in [3.05, 3.63) is 147 Å². The number of hydrogen-bond acceptors (Lipinski definition) is 7. The second kappa shape index (κ2) is 16.8. The van der Waals surface area contributed by atoms with Crippen LogP contribution in [-0.2, 0) is 9.59 Å². The van der Waals surface area contributed by atoms with Gasteiger partial charge in [0, 0.05) is 51.5 Å². The van der Waals surface area contributed by atoms with E-state index in [2.05, 4.69) is 48.8 Å². The number of fused-ring (bicyclic) bond motifs is 10. The number of carbonyl (C=O) groups excluding carboxylic acids is 2. The lowest BCUT2D eigenvalue weighted by Crippen LogP contribution is -2.37. The molecule has 8 rings (SSSR count). The van der Waals surface area contributed by atoms with Gasteiger partial charge in [-0.1, -0.05) is 30.3 Å². The number of guanidine groups is 2. The molecule has 0 amide bonds. The van der Waals surface area contributed by atoms with Crippen molar-refractivity contribution in [2.75, 3.05) is 13.1 Å². The van der Waals surface area contributed by atoms with Gasteiger partial charge < -0.3 is 53.5 Å². The van der Waals surface area contributed by atoms with Crippen LogP contribution in [0.2, 0.25) is 0 Å². The summed E-state index contributed by atoms with van der Waals surface area (Å²) in [5.41, 5.74) is 30.9. The van der Waals surface area contributed by atoms with E-state index in [1.165, 1.54) is 0 Å². The third-order valence-corrected chi connectivity index (χ3v) is 10.7. The predicted molar refractivity (Wildman–Crippen MR) is 235 cm³/mol. The number of nitrogens with zero attached hydrogens (tertiary/aromatic N) is 1. The van der Waals surface area contributed by atoms with Crippen LogP contribution in [0.5, 0.6) is 0 Å². The quantitative estimate of drug-likeness (QED) is 0.0340. The molecule has 6 heterocycles. The van der Waals surface area contributed by atoms with E-state index >= 15 is 0 Å². The van der Waals surface area contributed by atoms with Gasteiger partial charge in [0.15, 0.2) is 23.5 Å². The largest absolute Gasteiger partial charge is 0.370 e. The Balaban J connectivity index is 1.34. The normalized spacial score (nSPS) is 13.5. The maximum atomic E-state index is 14.6. The van der Waals surface area contributed by atoms with Crippen molar-refractivity contribution < 1.29 is 9.59 Å². The summed E-state index contributed by atoms with van der Waals surface area (Å²) in [4.78, 5) is 47.9. The fraction of sp³-hybridized carbons (Fsp3) is 0.178. The number of nitrogens with two attached hydrogens (primary N) is 4. The van der Waals surface area contributed by atoms with E-state index in [1.54, 1.807) is 12.1 Å². The molecule has 0 saturated carbocycles. The summed E-state index contributed by atoms with van der Waals surface area (Å²) in [7, 11) is 0. The molecular weight excluding hydrogens is 755 g/mol. The van der Waals surface area contributed by atoms with Crippen LogP contribution in [0.4, 0.5) is 0 Å². The van der Waals surface area contributed by atoms with E-state index < -0.39 is 12.1 Å². The number of H-pyrrole nitrogens is 4. The van der Waals surface area contributed by atoms with E-state index in [4.69, 9.17) is 38.7 Å². The molecule has 16 N–H and O–H groups in total. The van der Waals surface area contributed by atoms with Crippen LogP contribution in [0.25, 0.3) is 44.6 Å². The number of pyridine rings is 1. The molecule has 2 aromatic carbocycles. The highest BCUT2D eigenvalue weighted by Crippen LogP contribution is 2.30. The smallest absolute Gasteiger partial charge is 0.185 e. The fourth-order valence-electron chi connectivity index (χ4n) is 7.82. The Bertz CT molecular complexity index is 3060. The van der Waals surface area contributed by atoms with Gasteiger partial charge in [0.1, 0.15) is 0 Å². The van der Waals surface area contributed by atoms with Gasteiger partial charge in [-0.15, -0.1) is 0 Å². The van der Waals surface area contributed by atoms with Gasteiger partial charge in [-0.3, -0.25) is 20.4 Å². The summed E-state index contributed by atoms with van der Waals surface area (Å²) in [6.45, 7) is 0.784. The molecule has 1 aliphatic heterocycles. The van der Waals surface area contributed by atoms with Gasteiger partial charge >= 0.3 is 0 Å². The lowest BCUT2D eigenvalue weighted by molar-refractivity contribution is -0.115. The summed E-state index contributed by atoms with van der Waals surface area (Å²) in [6, 6.07) is 29.7. The van der Waals surface area contributed by atoms with Crippen molar-refractivity contribution in [1.82, 2.24) is 35.6 Å². The van der Waals surface area contributed by atoms with Crippen molar-refractivity contribution in [3.8, 4) is 0 Å². The predicted octanol–water partition coefficient (Wildman–Crippen LogP) is 0.807. The van der Waals surface area contributed by atoms with Crippen LogP contribution in [0.15, 0.2) is 97.1 Å². The molecule has 0 radical (unpaired) electrons. The molecular formula is C45H47N13O2. The molecule has 0 saturated heterocycles. The van der Waals surface area contributed by atoms with Crippen LogP contribution in [0.3, 0.4) is 0 Å².